The van der Waals surface area contributed by atoms with E-state index in [1.807, 2.05) is 42.5 Å². The van der Waals surface area contributed by atoms with Gasteiger partial charge in [-0.25, -0.2) is 0 Å². The minimum absolute atomic E-state index is 0.0292. The molecule has 2 saturated heterocycles. The first-order valence-corrected chi connectivity index (χ1v) is 11.3. The van der Waals surface area contributed by atoms with Crippen LogP contribution in [0.1, 0.15) is 18.4 Å². The van der Waals surface area contributed by atoms with Crippen molar-refractivity contribution in [2.75, 3.05) is 38.3 Å². The molecule has 172 valence electrons. The lowest BCUT2D eigenvalue weighted by molar-refractivity contribution is -0.137. The summed E-state index contributed by atoms with van der Waals surface area (Å²) in [6, 6.07) is 18.3. The number of amides is 1. The highest BCUT2D eigenvalue weighted by atomic mass is 16.5. The Morgan fingerprint density at radius 3 is 2.48 bits per heavy atom. The van der Waals surface area contributed by atoms with E-state index in [9.17, 15) is 4.79 Å². The van der Waals surface area contributed by atoms with Gasteiger partial charge in [-0.05, 0) is 42.7 Å². The summed E-state index contributed by atoms with van der Waals surface area (Å²) in [7, 11) is 1.63. The van der Waals surface area contributed by atoms with E-state index in [4.69, 9.17) is 14.0 Å². The first kappa shape index (κ1) is 21.5. The molecule has 8 heteroatoms. The number of ether oxygens (including phenoxy) is 2. The molecule has 0 saturated carbocycles. The van der Waals surface area contributed by atoms with Crippen molar-refractivity contribution in [3.05, 3.63) is 60.2 Å². The van der Waals surface area contributed by atoms with Crippen LogP contribution in [-0.2, 0) is 16.0 Å². The Balaban J connectivity index is 1.16. The molecule has 0 radical (unpaired) electrons. The molecular weight excluding hydrogens is 420 g/mol. The summed E-state index contributed by atoms with van der Waals surface area (Å²) in [4.78, 5) is 19.6. The zero-order valence-corrected chi connectivity index (χ0v) is 18.7. The van der Waals surface area contributed by atoms with Crippen LogP contribution in [0.4, 0.5) is 6.01 Å². The minimum Gasteiger partial charge on any atom is -0.497 e. The van der Waals surface area contributed by atoms with E-state index in [0.29, 0.717) is 38.1 Å². The molecule has 2 fully saturated rings. The second-order valence-electron chi connectivity index (χ2n) is 8.82. The summed E-state index contributed by atoms with van der Waals surface area (Å²) in [5.74, 6) is 1.40. The lowest BCUT2D eigenvalue weighted by atomic mass is 9.87. The van der Waals surface area contributed by atoms with Gasteiger partial charge in [0.25, 0.3) is 0 Å². The fraction of sp³-hybridized carbons (Fsp3) is 0.400. The molecule has 0 unspecified atom stereocenters. The van der Waals surface area contributed by atoms with Gasteiger partial charge in [0.2, 0.25) is 11.7 Å². The number of hydrogen-bond donors (Lipinski definition) is 1. The molecule has 8 nitrogen and oxygen atoms in total. The maximum Gasteiger partial charge on any atom is 0.324 e. The second kappa shape index (κ2) is 9.23. The highest BCUT2D eigenvalue weighted by molar-refractivity contribution is 5.80. The summed E-state index contributed by atoms with van der Waals surface area (Å²) < 4.78 is 16.2. The van der Waals surface area contributed by atoms with Gasteiger partial charge in [0.1, 0.15) is 5.75 Å². The molecular formula is C25H28N4O4. The molecule has 1 aromatic heterocycles. The number of benzene rings is 2. The first-order chi connectivity index (χ1) is 16.1. The van der Waals surface area contributed by atoms with Crippen molar-refractivity contribution in [3.8, 4) is 17.1 Å². The molecule has 0 bridgehead atoms. The average molecular weight is 449 g/mol. The van der Waals surface area contributed by atoms with Crippen molar-refractivity contribution in [3.63, 3.8) is 0 Å². The Labute approximate surface area is 192 Å². The van der Waals surface area contributed by atoms with Gasteiger partial charge in [-0.3, -0.25) is 4.79 Å². The highest BCUT2D eigenvalue weighted by Gasteiger charge is 2.41. The number of nitrogens with zero attached hydrogens (tertiary/aromatic N) is 3. The Morgan fingerprint density at radius 1 is 1.12 bits per heavy atom. The Kier molecular flexibility index (Phi) is 6.00. The summed E-state index contributed by atoms with van der Waals surface area (Å²) in [6.45, 7) is 2.51. The van der Waals surface area contributed by atoms with Crippen LogP contribution < -0.4 is 15.0 Å². The largest absolute Gasteiger partial charge is 0.497 e. The fourth-order valence-corrected chi connectivity index (χ4v) is 4.45. The van der Waals surface area contributed by atoms with E-state index in [0.717, 1.165) is 30.6 Å². The van der Waals surface area contributed by atoms with Crippen LogP contribution in [0, 0.1) is 5.92 Å². The third kappa shape index (κ3) is 4.71. The van der Waals surface area contributed by atoms with E-state index in [-0.39, 0.29) is 17.4 Å². The number of nitrogens with one attached hydrogen (secondary N) is 1. The summed E-state index contributed by atoms with van der Waals surface area (Å²) >= 11 is 0. The molecule has 33 heavy (non-hydrogen) atoms. The number of rotatable bonds is 7. The Morgan fingerprint density at radius 2 is 1.85 bits per heavy atom. The normalized spacial score (nSPS) is 17.9. The van der Waals surface area contributed by atoms with Gasteiger partial charge in [-0.1, -0.05) is 35.5 Å². The summed E-state index contributed by atoms with van der Waals surface area (Å²) in [5.41, 5.74) is 1.78. The maximum atomic E-state index is 13.0. The monoisotopic (exact) mass is 448 g/mol. The van der Waals surface area contributed by atoms with Crippen LogP contribution in [0.5, 0.6) is 5.75 Å². The number of aromatic nitrogens is 2. The number of anilines is 1. The number of carbonyl (C=O) groups is 1. The van der Waals surface area contributed by atoms with Gasteiger partial charge < -0.3 is 24.2 Å². The number of methoxy groups -OCH3 is 1. The topological polar surface area (TPSA) is 89.7 Å². The zero-order chi connectivity index (χ0) is 22.7. The minimum atomic E-state index is -0.296. The van der Waals surface area contributed by atoms with Crippen molar-refractivity contribution < 1.29 is 18.8 Å². The van der Waals surface area contributed by atoms with Gasteiger partial charge in [0.15, 0.2) is 0 Å². The average Bonchev–Trinajstić information content (AvgIpc) is 3.34. The van der Waals surface area contributed by atoms with Crippen LogP contribution in [0.25, 0.3) is 11.4 Å². The van der Waals surface area contributed by atoms with Crippen LogP contribution in [0.3, 0.4) is 0 Å². The van der Waals surface area contributed by atoms with E-state index in [2.05, 4.69) is 32.5 Å². The standard InChI is InChI=1S/C25H28N4O4/c1-31-21-9-7-19(8-10-21)22-26-24(33-28-22)29-13-11-20(12-14-29)23(30)27-25(16-32-17-25)15-18-5-3-2-4-6-18/h2-10,20H,11-17H2,1H3,(H,27,30). The van der Waals surface area contributed by atoms with E-state index in [1.165, 1.54) is 5.56 Å². The molecule has 5 rings (SSSR count). The van der Waals surface area contributed by atoms with Gasteiger partial charge in [-0.2, -0.15) is 4.98 Å². The van der Waals surface area contributed by atoms with Crippen LogP contribution in [0.15, 0.2) is 59.1 Å². The molecule has 3 heterocycles. The molecule has 3 aromatic rings. The Bertz CT molecular complexity index is 1070. The van der Waals surface area contributed by atoms with Crippen molar-refractivity contribution in [1.29, 1.82) is 0 Å². The molecule has 0 spiro atoms. The molecule has 2 aliphatic heterocycles. The third-order valence-corrected chi connectivity index (χ3v) is 6.43. The lowest BCUT2D eigenvalue weighted by Crippen LogP contribution is -2.64. The van der Waals surface area contributed by atoms with E-state index >= 15 is 0 Å². The predicted molar refractivity (Wildman–Crippen MR) is 123 cm³/mol. The van der Waals surface area contributed by atoms with Crippen molar-refractivity contribution in [2.45, 2.75) is 24.8 Å². The van der Waals surface area contributed by atoms with E-state index in [1.54, 1.807) is 7.11 Å². The second-order valence-corrected chi connectivity index (χ2v) is 8.82. The van der Waals surface area contributed by atoms with Crippen LogP contribution in [-0.4, -0.2) is 55.0 Å². The van der Waals surface area contributed by atoms with Crippen molar-refractivity contribution >= 4 is 11.9 Å². The molecule has 0 atom stereocenters. The zero-order valence-electron chi connectivity index (χ0n) is 18.7. The van der Waals surface area contributed by atoms with E-state index < -0.39 is 0 Å². The molecule has 2 aliphatic rings. The molecule has 1 amide bonds. The van der Waals surface area contributed by atoms with Gasteiger partial charge in [-0.15, -0.1) is 0 Å². The predicted octanol–water partition coefficient (Wildman–Crippen LogP) is 3.09. The summed E-state index contributed by atoms with van der Waals surface area (Å²) in [6.07, 6.45) is 2.28. The summed E-state index contributed by atoms with van der Waals surface area (Å²) in [5, 5.41) is 7.41. The number of piperidine rings is 1. The fourth-order valence-electron chi connectivity index (χ4n) is 4.45. The van der Waals surface area contributed by atoms with Crippen molar-refractivity contribution in [1.82, 2.24) is 15.5 Å². The van der Waals surface area contributed by atoms with Crippen LogP contribution in [0.2, 0.25) is 0 Å². The van der Waals surface area contributed by atoms with Gasteiger partial charge in [0.05, 0.1) is 25.9 Å². The van der Waals surface area contributed by atoms with Gasteiger partial charge in [0, 0.05) is 31.0 Å². The molecule has 0 aliphatic carbocycles. The number of hydrogen-bond acceptors (Lipinski definition) is 7. The van der Waals surface area contributed by atoms with Crippen LogP contribution >= 0.6 is 0 Å². The van der Waals surface area contributed by atoms with Crippen molar-refractivity contribution in [2.24, 2.45) is 5.92 Å². The molecule has 2 aromatic carbocycles. The smallest absolute Gasteiger partial charge is 0.324 e. The SMILES string of the molecule is COc1ccc(-c2noc(N3CCC(C(=O)NC4(Cc5ccccc5)COC4)CC3)n2)cc1. The third-order valence-electron chi connectivity index (χ3n) is 6.43. The number of carbonyl (C=O) groups excluding carboxylic acids is 1. The van der Waals surface area contributed by atoms with Gasteiger partial charge >= 0.3 is 6.01 Å². The highest BCUT2D eigenvalue weighted by Crippen LogP contribution is 2.28. The lowest BCUT2D eigenvalue weighted by Gasteiger charge is -2.43. The Hall–Kier alpha value is -3.39. The quantitative estimate of drug-likeness (QED) is 0.594. The first-order valence-electron chi connectivity index (χ1n) is 11.3. The molecule has 1 N–H and O–H groups in total. The maximum absolute atomic E-state index is 13.0.